The maximum atomic E-state index is 12.1. The van der Waals surface area contributed by atoms with E-state index in [2.05, 4.69) is 10.2 Å². The van der Waals surface area contributed by atoms with Crippen molar-refractivity contribution in [3.63, 3.8) is 0 Å². The van der Waals surface area contributed by atoms with Gasteiger partial charge in [0.1, 0.15) is 5.54 Å². The average Bonchev–Trinajstić information content (AvgIpc) is 3.14. The van der Waals surface area contributed by atoms with Gasteiger partial charge in [-0.1, -0.05) is 0 Å². The average molecular weight is 303 g/mol. The summed E-state index contributed by atoms with van der Waals surface area (Å²) in [5.41, 5.74) is 4.97. The van der Waals surface area contributed by atoms with E-state index in [1.54, 1.807) is 0 Å². The monoisotopic (exact) mass is 303 g/mol. The Kier molecular flexibility index (Phi) is 4.41. The van der Waals surface area contributed by atoms with Gasteiger partial charge in [-0.15, -0.1) is 0 Å². The molecule has 20 heavy (non-hydrogen) atoms. The van der Waals surface area contributed by atoms with Gasteiger partial charge < -0.3 is 5.73 Å². The lowest BCUT2D eigenvalue weighted by molar-refractivity contribution is -0.126. The van der Waals surface area contributed by atoms with E-state index in [9.17, 15) is 13.2 Å². The Bertz CT molecular complexity index is 459. The first kappa shape index (κ1) is 15.7. The maximum absolute atomic E-state index is 12.1. The summed E-state index contributed by atoms with van der Waals surface area (Å²) in [5, 5.41) is 3.36. The highest BCUT2D eigenvalue weighted by Gasteiger charge is 2.51. The van der Waals surface area contributed by atoms with Gasteiger partial charge in [-0.3, -0.25) is 15.0 Å². The van der Waals surface area contributed by atoms with Crippen LogP contribution in [-0.2, 0) is 14.6 Å². The van der Waals surface area contributed by atoms with Crippen LogP contribution in [0.1, 0.15) is 26.7 Å². The van der Waals surface area contributed by atoms with E-state index in [1.165, 1.54) is 0 Å². The summed E-state index contributed by atoms with van der Waals surface area (Å²) in [6.45, 7) is 5.50. The molecular formula is C13H25N3O3S. The van der Waals surface area contributed by atoms with Crippen LogP contribution in [0.4, 0.5) is 0 Å². The molecule has 116 valence electrons. The molecule has 0 spiro atoms. The summed E-state index contributed by atoms with van der Waals surface area (Å²) < 4.78 is 23.0. The summed E-state index contributed by atoms with van der Waals surface area (Å²) in [4.78, 5) is 14.1. The van der Waals surface area contributed by atoms with Crippen LogP contribution in [0.25, 0.3) is 0 Å². The number of carbonyl (C=O) groups is 1. The number of hydrogen-bond donors (Lipinski definition) is 2. The third-order valence-corrected chi connectivity index (χ3v) is 5.78. The lowest BCUT2D eigenvalue weighted by atomic mass is 9.90. The third-order valence-electron chi connectivity index (χ3n) is 4.17. The summed E-state index contributed by atoms with van der Waals surface area (Å²) in [7, 11) is -2.90. The second-order valence-corrected chi connectivity index (χ2v) is 8.64. The summed E-state index contributed by atoms with van der Waals surface area (Å²) in [6, 6.07) is 0.164. The van der Waals surface area contributed by atoms with Crippen molar-refractivity contribution in [1.82, 2.24) is 10.2 Å². The molecule has 1 heterocycles. The summed E-state index contributed by atoms with van der Waals surface area (Å²) in [6.07, 6.45) is 2.02. The van der Waals surface area contributed by atoms with Crippen molar-refractivity contribution in [3.05, 3.63) is 0 Å². The van der Waals surface area contributed by atoms with E-state index < -0.39 is 15.4 Å². The van der Waals surface area contributed by atoms with Crippen LogP contribution in [0.15, 0.2) is 0 Å². The van der Waals surface area contributed by atoms with Crippen LogP contribution in [-0.4, -0.2) is 61.9 Å². The third kappa shape index (κ3) is 3.51. The first-order valence-electron chi connectivity index (χ1n) is 7.25. The van der Waals surface area contributed by atoms with Crippen molar-refractivity contribution in [1.29, 1.82) is 0 Å². The molecule has 1 saturated heterocycles. The Morgan fingerprint density at radius 1 is 1.35 bits per heavy atom. The minimum absolute atomic E-state index is 0.164. The van der Waals surface area contributed by atoms with E-state index >= 15 is 0 Å². The predicted octanol–water partition coefficient (Wildman–Crippen LogP) is -0.651. The molecule has 0 aromatic heterocycles. The van der Waals surface area contributed by atoms with Crippen molar-refractivity contribution in [3.8, 4) is 0 Å². The Balaban J connectivity index is 2.10. The van der Waals surface area contributed by atoms with Crippen LogP contribution in [0.5, 0.6) is 0 Å². The molecule has 2 rings (SSSR count). The van der Waals surface area contributed by atoms with Crippen LogP contribution < -0.4 is 11.1 Å². The van der Waals surface area contributed by atoms with E-state index in [0.717, 1.165) is 12.8 Å². The first-order valence-corrected chi connectivity index (χ1v) is 9.08. The first-order chi connectivity index (χ1) is 9.25. The molecule has 6 nitrogen and oxygen atoms in total. The largest absolute Gasteiger partial charge is 0.368 e. The lowest BCUT2D eigenvalue weighted by Gasteiger charge is -2.39. The second-order valence-electron chi connectivity index (χ2n) is 6.34. The Morgan fingerprint density at radius 3 is 2.30 bits per heavy atom. The molecule has 1 atom stereocenters. The van der Waals surface area contributed by atoms with Crippen molar-refractivity contribution >= 4 is 15.7 Å². The van der Waals surface area contributed by atoms with Crippen LogP contribution in [0.3, 0.4) is 0 Å². The fraction of sp³-hybridized carbons (Fsp3) is 0.923. The maximum Gasteiger partial charge on any atom is 0.239 e. The van der Waals surface area contributed by atoms with Crippen molar-refractivity contribution in [2.24, 2.45) is 11.7 Å². The van der Waals surface area contributed by atoms with Gasteiger partial charge in [-0.05, 0) is 32.6 Å². The number of sulfone groups is 1. The van der Waals surface area contributed by atoms with Crippen LogP contribution in [0, 0.1) is 5.92 Å². The number of primary amides is 1. The quantitative estimate of drug-likeness (QED) is 0.680. The Labute approximate surface area is 121 Å². The van der Waals surface area contributed by atoms with Gasteiger partial charge in [0.2, 0.25) is 5.91 Å². The minimum atomic E-state index is -2.90. The molecule has 1 aliphatic carbocycles. The SMILES string of the molecule is CC(C)NC(CN1CCS(=O)(=O)CC1)(C(N)=O)C1CC1. The molecule has 1 amide bonds. The summed E-state index contributed by atoms with van der Waals surface area (Å²) in [5.74, 6) is 0.311. The van der Waals surface area contributed by atoms with Gasteiger partial charge in [-0.2, -0.15) is 0 Å². The van der Waals surface area contributed by atoms with E-state index in [1.807, 2.05) is 13.8 Å². The highest BCUT2D eigenvalue weighted by molar-refractivity contribution is 7.91. The van der Waals surface area contributed by atoms with Crippen molar-refractivity contribution in [2.75, 3.05) is 31.1 Å². The minimum Gasteiger partial charge on any atom is -0.368 e. The normalized spacial score (nSPS) is 26.4. The molecule has 7 heteroatoms. The van der Waals surface area contributed by atoms with E-state index in [4.69, 9.17) is 5.73 Å². The van der Waals surface area contributed by atoms with Gasteiger partial charge in [0.25, 0.3) is 0 Å². The number of nitrogens with two attached hydrogens (primary N) is 1. The highest BCUT2D eigenvalue weighted by Crippen LogP contribution is 2.40. The number of amides is 1. The zero-order chi connectivity index (χ0) is 15.0. The highest BCUT2D eigenvalue weighted by atomic mass is 32.2. The molecule has 0 radical (unpaired) electrons. The van der Waals surface area contributed by atoms with Gasteiger partial charge in [0.15, 0.2) is 9.84 Å². The van der Waals surface area contributed by atoms with E-state index in [-0.39, 0.29) is 29.4 Å². The van der Waals surface area contributed by atoms with Gasteiger partial charge in [0, 0.05) is 25.7 Å². The van der Waals surface area contributed by atoms with Gasteiger partial charge in [0.05, 0.1) is 11.5 Å². The molecule has 0 aromatic carbocycles. The fourth-order valence-corrected chi connectivity index (χ4v) is 4.27. The zero-order valence-corrected chi connectivity index (χ0v) is 13.1. The molecule has 1 aliphatic heterocycles. The van der Waals surface area contributed by atoms with Crippen molar-refractivity contribution < 1.29 is 13.2 Å². The number of hydrogen-bond acceptors (Lipinski definition) is 5. The molecule has 2 fully saturated rings. The number of rotatable bonds is 6. The zero-order valence-electron chi connectivity index (χ0n) is 12.3. The number of carbonyl (C=O) groups excluding carboxylic acids is 1. The smallest absolute Gasteiger partial charge is 0.239 e. The topological polar surface area (TPSA) is 92.5 Å². The lowest BCUT2D eigenvalue weighted by Crippen LogP contribution is -2.65. The van der Waals surface area contributed by atoms with Gasteiger partial charge >= 0.3 is 0 Å². The Hall–Kier alpha value is -0.660. The molecule has 3 N–H and O–H groups in total. The molecular weight excluding hydrogens is 278 g/mol. The van der Waals surface area contributed by atoms with Crippen LogP contribution in [0.2, 0.25) is 0 Å². The van der Waals surface area contributed by atoms with E-state index in [0.29, 0.717) is 19.6 Å². The molecule has 1 unspecified atom stereocenters. The summed E-state index contributed by atoms with van der Waals surface area (Å²) >= 11 is 0. The molecule has 0 bridgehead atoms. The van der Waals surface area contributed by atoms with Crippen LogP contribution >= 0.6 is 0 Å². The number of nitrogens with zero attached hydrogens (tertiary/aromatic N) is 1. The fourth-order valence-electron chi connectivity index (χ4n) is 3.00. The number of nitrogens with one attached hydrogen (secondary N) is 1. The second kappa shape index (κ2) is 5.61. The molecule has 1 saturated carbocycles. The molecule has 0 aromatic rings. The van der Waals surface area contributed by atoms with Gasteiger partial charge in [-0.25, -0.2) is 8.42 Å². The molecule has 2 aliphatic rings. The predicted molar refractivity (Wildman–Crippen MR) is 78.0 cm³/mol. The Morgan fingerprint density at radius 2 is 1.90 bits per heavy atom. The van der Waals surface area contributed by atoms with Crippen molar-refractivity contribution in [2.45, 2.75) is 38.3 Å². The standard InChI is InChI=1S/C13H25N3O3S/c1-10(2)15-13(12(14)17,11-3-4-11)9-16-5-7-20(18,19)8-6-16/h10-11,15H,3-9H2,1-2H3,(H2,14,17).